The number of hydrogen-bond acceptors (Lipinski definition) is 5. The van der Waals surface area contributed by atoms with Gasteiger partial charge in [0.05, 0.1) is 12.6 Å². The molecule has 4 aromatic rings. The average Bonchev–Trinajstić information content (AvgIpc) is 3.56. The van der Waals surface area contributed by atoms with Crippen molar-refractivity contribution >= 4 is 0 Å². The summed E-state index contributed by atoms with van der Waals surface area (Å²) in [5, 5.41) is 25.5. The van der Waals surface area contributed by atoms with Gasteiger partial charge in [0.2, 0.25) is 0 Å². The van der Waals surface area contributed by atoms with Crippen LogP contribution in [0, 0.1) is 5.92 Å². The molecule has 1 aromatic heterocycles. The molecule has 0 bridgehead atoms. The van der Waals surface area contributed by atoms with E-state index in [1.165, 1.54) is 0 Å². The lowest BCUT2D eigenvalue weighted by molar-refractivity contribution is -0.0287. The molecular weight excluding hydrogens is 434 g/mol. The third-order valence-electron chi connectivity index (χ3n) is 7.19. The zero-order valence-corrected chi connectivity index (χ0v) is 20.4. The van der Waals surface area contributed by atoms with Crippen LogP contribution < -0.4 is 0 Å². The van der Waals surface area contributed by atoms with Crippen LogP contribution in [0.3, 0.4) is 0 Å². The minimum atomic E-state index is -1.15. The molecule has 0 aliphatic carbocycles. The standard InChI is InChI=1S/C29H33N5O/c1-22(2)27(28-30-31-32-34(28)21-23-13-6-3-7-14-23)33-20-12-19-26(33)29(35,24-15-8-4-9-16-24)25-17-10-5-11-18-25/h3-11,13-18,22,26-27,35H,12,19-21H2,1-2H3/t26-,27-/m0/s1. The zero-order valence-electron chi connectivity index (χ0n) is 20.4. The summed E-state index contributed by atoms with van der Waals surface area (Å²) in [6, 6.07) is 30.3. The van der Waals surface area contributed by atoms with E-state index >= 15 is 0 Å². The van der Waals surface area contributed by atoms with Crippen LogP contribution in [-0.2, 0) is 12.1 Å². The summed E-state index contributed by atoms with van der Waals surface area (Å²) < 4.78 is 1.92. The molecule has 1 aliphatic heterocycles. The number of aliphatic hydroxyl groups is 1. The fraction of sp³-hybridized carbons (Fsp3) is 0.345. The molecule has 3 aromatic carbocycles. The summed E-state index contributed by atoms with van der Waals surface area (Å²) in [5.74, 6) is 1.10. The fourth-order valence-corrected chi connectivity index (χ4v) is 5.63. The van der Waals surface area contributed by atoms with Crippen LogP contribution in [0.5, 0.6) is 0 Å². The van der Waals surface area contributed by atoms with Crippen LogP contribution in [-0.4, -0.2) is 42.8 Å². The number of likely N-dealkylation sites (tertiary alicyclic amines) is 1. The average molecular weight is 468 g/mol. The zero-order chi connectivity index (χ0) is 24.3. The normalized spacial score (nSPS) is 17.7. The van der Waals surface area contributed by atoms with Crippen molar-refractivity contribution in [1.82, 2.24) is 25.1 Å². The third-order valence-corrected chi connectivity index (χ3v) is 7.19. The Morgan fingerprint density at radius 2 is 1.46 bits per heavy atom. The van der Waals surface area contributed by atoms with E-state index < -0.39 is 5.60 Å². The van der Waals surface area contributed by atoms with Crippen LogP contribution >= 0.6 is 0 Å². The van der Waals surface area contributed by atoms with Crippen LogP contribution in [0.25, 0.3) is 0 Å². The van der Waals surface area contributed by atoms with Crippen molar-refractivity contribution in [1.29, 1.82) is 0 Å². The van der Waals surface area contributed by atoms with Crippen molar-refractivity contribution in [2.75, 3.05) is 6.54 Å². The van der Waals surface area contributed by atoms with Crippen molar-refractivity contribution in [3.63, 3.8) is 0 Å². The molecule has 0 spiro atoms. The van der Waals surface area contributed by atoms with Gasteiger partial charge < -0.3 is 5.11 Å². The minimum absolute atomic E-state index is 0.0276. The number of aromatic nitrogens is 4. The lowest BCUT2D eigenvalue weighted by Gasteiger charge is -2.44. The Balaban J connectivity index is 1.56. The first-order chi connectivity index (χ1) is 17.1. The molecule has 0 radical (unpaired) electrons. The highest BCUT2D eigenvalue weighted by molar-refractivity contribution is 5.39. The third kappa shape index (κ3) is 4.51. The summed E-state index contributed by atoms with van der Waals surface area (Å²) in [7, 11) is 0. The van der Waals surface area contributed by atoms with E-state index in [0.717, 1.165) is 41.9 Å². The Kier molecular flexibility index (Phi) is 6.75. The van der Waals surface area contributed by atoms with Gasteiger partial charge in [-0.2, -0.15) is 0 Å². The topological polar surface area (TPSA) is 67.1 Å². The Morgan fingerprint density at radius 3 is 2.03 bits per heavy atom. The van der Waals surface area contributed by atoms with Crippen molar-refractivity contribution < 1.29 is 5.11 Å². The van der Waals surface area contributed by atoms with Crippen LogP contribution in [0.1, 0.15) is 55.2 Å². The largest absolute Gasteiger partial charge is 0.379 e. The quantitative estimate of drug-likeness (QED) is 0.402. The molecule has 0 unspecified atom stereocenters. The van der Waals surface area contributed by atoms with Gasteiger partial charge in [0, 0.05) is 6.04 Å². The molecule has 1 N–H and O–H groups in total. The first-order valence-electron chi connectivity index (χ1n) is 12.5. The predicted octanol–water partition coefficient (Wildman–Crippen LogP) is 4.82. The first kappa shape index (κ1) is 23.4. The predicted molar refractivity (Wildman–Crippen MR) is 137 cm³/mol. The van der Waals surface area contributed by atoms with E-state index in [0.29, 0.717) is 6.54 Å². The lowest BCUT2D eigenvalue weighted by Crippen LogP contribution is -2.50. The van der Waals surface area contributed by atoms with E-state index in [2.05, 4.69) is 46.4 Å². The minimum Gasteiger partial charge on any atom is -0.379 e. The van der Waals surface area contributed by atoms with Gasteiger partial charge >= 0.3 is 0 Å². The second-order valence-corrected chi connectivity index (χ2v) is 9.76. The number of benzene rings is 3. The second-order valence-electron chi connectivity index (χ2n) is 9.76. The SMILES string of the molecule is CC(C)[C@@H](c1nnnn1Cc1ccccc1)N1CCC[C@H]1C(O)(c1ccccc1)c1ccccc1. The number of tetrazole rings is 1. The Labute approximate surface area is 207 Å². The molecule has 0 amide bonds. The molecule has 35 heavy (non-hydrogen) atoms. The molecule has 1 fully saturated rings. The smallest absolute Gasteiger partial charge is 0.169 e. The molecule has 1 aliphatic rings. The molecule has 1 saturated heterocycles. The second kappa shape index (κ2) is 10.1. The van der Waals surface area contributed by atoms with Crippen LogP contribution in [0.2, 0.25) is 0 Å². The number of nitrogens with zero attached hydrogens (tertiary/aromatic N) is 5. The summed E-state index contributed by atoms with van der Waals surface area (Å²) in [6.07, 6.45) is 1.90. The van der Waals surface area contributed by atoms with Crippen molar-refractivity contribution in [2.24, 2.45) is 5.92 Å². The van der Waals surface area contributed by atoms with Crippen LogP contribution in [0.4, 0.5) is 0 Å². The number of rotatable bonds is 8. The van der Waals surface area contributed by atoms with Gasteiger partial charge in [-0.3, -0.25) is 4.90 Å². The van der Waals surface area contributed by atoms with Gasteiger partial charge in [0.15, 0.2) is 5.82 Å². The highest BCUT2D eigenvalue weighted by Crippen LogP contribution is 2.44. The molecule has 6 nitrogen and oxygen atoms in total. The van der Waals surface area contributed by atoms with Gasteiger partial charge in [-0.15, -0.1) is 5.10 Å². The van der Waals surface area contributed by atoms with E-state index in [1.54, 1.807) is 0 Å². The molecule has 5 rings (SSSR count). The van der Waals surface area contributed by atoms with Crippen LogP contribution in [0.15, 0.2) is 91.0 Å². The summed E-state index contributed by atoms with van der Waals surface area (Å²) in [4.78, 5) is 2.44. The molecule has 6 heteroatoms. The van der Waals surface area contributed by atoms with Gasteiger partial charge in [-0.25, -0.2) is 4.68 Å². The van der Waals surface area contributed by atoms with Gasteiger partial charge in [0.25, 0.3) is 0 Å². The molecule has 0 saturated carbocycles. The monoisotopic (exact) mass is 467 g/mol. The fourth-order valence-electron chi connectivity index (χ4n) is 5.63. The maximum Gasteiger partial charge on any atom is 0.169 e. The van der Waals surface area contributed by atoms with Crippen molar-refractivity contribution in [3.05, 3.63) is 114 Å². The molecule has 2 atom stereocenters. The van der Waals surface area contributed by atoms with Gasteiger partial charge in [0.1, 0.15) is 5.60 Å². The maximum atomic E-state index is 12.6. The lowest BCUT2D eigenvalue weighted by atomic mass is 9.78. The number of hydrogen-bond donors (Lipinski definition) is 1. The molecular formula is C29H33N5O. The van der Waals surface area contributed by atoms with E-state index in [-0.39, 0.29) is 18.0 Å². The van der Waals surface area contributed by atoms with E-state index in [9.17, 15) is 5.11 Å². The van der Waals surface area contributed by atoms with E-state index in [1.807, 2.05) is 83.5 Å². The Hall–Kier alpha value is -3.35. The molecule has 2 heterocycles. The Morgan fingerprint density at radius 1 is 0.886 bits per heavy atom. The molecule has 180 valence electrons. The van der Waals surface area contributed by atoms with Gasteiger partial charge in [-0.05, 0) is 52.4 Å². The maximum absolute atomic E-state index is 12.6. The van der Waals surface area contributed by atoms with Crippen molar-refractivity contribution in [3.8, 4) is 0 Å². The summed E-state index contributed by atoms with van der Waals surface area (Å²) >= 11 is 0. The summed E-state index contributed by atoms with van der Waals surface area (Å²) in [6.45, 7) is 5.93. The van der Waals surface area contributed by atoms with Crippen molar-refractivity contribution in [2.45, 2.75) is 50.9 Å². The van der Waals surface area contributed by atoms with Gasteiger partial charge in [-0.1, -0.05) is 105 Å². The Bertz CT molecular complexity index is 1170. The summed E-state index contributed by atoms with van der Waals surface area (Å²) in [5.41, 5.74) is 1.83. The van der Waals surface area contributed by atoms with E-state index in [4.69, 9.17) is 0 Å². The highest BCUT2D eigenvalue weighted by atomic mass is 16.3. The first-order valence-corrected chi connectivity index (χ1v) is 12.5. The highest BCUT2D eigenvalue weighted by Gasteiger charge is 2.48.